The maximum atomic E-state index is 12.3. The molecule has 0 amide bonds. The molecule has 25 heavy (non-hydrogen) atoms. The van der Waals surface area contributed by atoms with Gasteiger partial charge in [0.25, 0.3) is 5.78 Å². The quantitative estimate of drug-likeness (QED) is 0.359. The molecule has 134 valence electrons. The Morgan fingerprint density at radius 2 is 1.56 bits per heavy atom. The molecule has 5 nitrogen and oxygen atoms in total. The molecule has 0 saturated heterocycles. The average molecular weight is 344 g/mol. The van der Waals surface area contributed by atoms with Gasteiger partial charge < -0.3 is 9.15 Å². The van der Waals surface area contributed by atoms with Crippen LogP contribution in [-0.2, 0) is 20.4 Å². The molecule has 2 aromatic rings. The maximum absolute atomic E-state index is 12.3. The van der Waals surface area contributed by atoms with Gasteiger partial charge in [-0.2, -0.15) is 0 Å². The fourth-order valence-electron chi connectivity index (χ4n) is 2.59. The number of benzene rings is 1. The largest absolute Gasteiger partial charge is 0.463 e. The number of carbonyl (C=O) groups is 2. The summed E-state index contributed by atoms with van der Waals surface area (Å²) in [7, 11) is 1.10. The van der Waals surface area contributed by atoms with Crippen molar-refractivity contribution >= 4 is 22.7 Å². The van der Waals surface area contributed by atoms with Crippen LogP contribution in [0, 0.1) is 0 Å². The first-order chi connectivity index (χ1) is 11.4. The highest BCUT2D eigenvalue weighted by molar-refractivity contribution is 6.40. The molecule has 0 saturated carbocycles. The van der Waals surface area contributed by atoms with Crippen molar-refractivity contribution in [3.05, 3.63) is 45.3 Å². The Kier molecular flexibility index (Phi) is 4.64. The molecular formula is C20H24O5. The van der Waals surface area contributed by atoms with Gasteiger partial charge in [0.2, 0.25) is 0 Å². The predicted octanol–water partition coefficient (Wildman–Crippen LogP) is 3.74. The molecule has 0 unspecified atom stereocenters. The lowest BCUT2D eigenvalue weighted by atomic mass is 9.79. The van der Waals surface area contributed by atoms with Crippen molar-refractivity contribution in [3.63, 3.8) is 0 Å². The van der Waals surface area contributed by atoms with E-state index >= 15 is 0 Å². The van der Waals surface area contributed by atoms with Crippen molar-refractivity contribution in [1.29, 1.82) is 0 Å². The minimum absolute atomic E-state index is 0.128. The lowest BCUT2D eigenvalue weighted by Crippen LogP contribution is -2.23. The van der Waals surface area contributed by atoms with Crippen LogP contribution in [0.25, 0.3) is 11.0 Å². The Morgan fingerprint density at radius 1 is 0.960 bits per heavy atom. The van der Waals surface area contributed by atoms with Crippen molar-refractivity contribution in [2.45, 2.75) is 52.4 Å². The summed E-state index contributed by atoms with van der Waals surface area (Å²) in [6, 6.07) is 5.35. The maximum Gasteiger partial charge on any atom is 0.379 e. The van der Waals surface area contributed by atoms with Crippen LogP contribution in [0.2, 0.25) is 0 Å². The second-order valence-electron chi connectivity index (χ2n) is 8.21. The van der Waals surface area contributed by atoms with Gasteiger partial charge in [0.1, 0.15) is 11.1 Å². The second kappa shape index (κ2) is 6.14. The third-order valence-electron chi connectivity index (χ3n) is 4.12. The molecule has 0 N–H and O–H groups in total. The highest BCUT2D eigenvalue weighted by Gasteiger charge is 2.27. The van der Waals surface area contributed by atoms with E-state index in [2.05, 4.69) is 25.5 Å². The number of ketones is 1. The van der Waals surface area contributed by atoms with E-state index in [1.54, 1.807) is 0 Å². The Morgan fingerprint density at radius 3 is 2.04 bits per heavy atom. The molecular weight excluding hydrogens is 320 g/mol. The molecule has 1 aromatic carbocycles. The van der Waals surface area contributed by atoms with Crippen LogP contribution in [0.15, 0.2) is 27.4 Å². The van der Waals surface area contributed by atoms with Gasteiger partial charge in [-0.25, -0.2) is 9.59 Å². The number of methoxy groups -OCH3 is 1. The monoisotopic (exact) mass is 344 g/mol. The average Bonchev–Trinajstić information content (AvgIpc) is 2.49. The van der Waals surface area contributed by atoms with Crippen LogP contribution < -0.4 is 5.63 Å². The van der Waals surface area contributed by atoms with Crippen LogP contribution >= 0.6 is 0 Å². The molecule has 0 radical (unpaired) electrons. The summed E-state index contributed by atoms with van der Waals surface area (Å²) >= 11 is 0. The number of Topliss-reactive ketones (excluding diaryl/α,β-unsaturated/α-hetero) is 1. The van der Waals surface area contributed by atoms with Crippen molar-refractivity contribution in [2.75, 3.05) is 7.11 Å². The van der Waals surface area contributed by atoms with Crippen LogP contribution in [0.3, 0.4) is 0 Å². The second-order valence-corrected chi connectivity index (χ2v) is 8.21. The fourth-order valence-corrected chi connectivity index (χ4v) is 2.59. The summed E-state index contributed by atoms with van der Waals surface area (Å²) in [4.78, 5) is 35.8. The van der Waals surface area contributed by atoms with E-state index in [9.17, 15) is 14.4 Å². The number of fused-ring (bicyclic) bond motifs is 1. The van der Waals surface area contributed by atoms with E-state index in [0.717, 1.165) is 18.2 Å². The van der Waals surface area contributed by atoms with Gasteiger partial charge >= 0.3 is 11.6 Å². The van der Waals surface area contributed by atoms with Crippen molar-refractivity contribution in [2.24, 2.45) is 0 Å². The fraction of sp³-hybridized carbons (Fsp3) is 0.450. The number of rotatable bonds is 2. The molecule has 0 fully saturated rings. The first kappa shape index (κ1) is 18.9. The normalized spacial score (nSPS) is 12.3. The molecule has 1 aromatic heterocycles. The molecule has 0 aliphatic heterocycles. The van der Waals surface area contributed by atoms with Gasteiger partial charge in [-0.1, -0.05) is 47.6 Å². The lowest BCUT2D eigenvalue weighted by Gasteiger charge is -2.26. The summed E-state index contributed by atoms with van der Waals surface area (Å²) in [5, 5.41) is 0.615. The first-order valence-electron chi connectivity index (χ1n) is 8.12. The first-order valence-corrected chi connectivity index (χ1v) is 8.12. The van der Waals surface area contributed by atoms with Crippen LogP contribution in [-0.4, -0.2) is 18.9 Å². The minimum atomic E-state index is -1.09. The highest BCUT2D eigenvalue weighted by Crippen LogP contribution is 2.35. The van der Waals surface area contributed by atoms with Gasteiger partial charge in [-0.15, -0.1) is 0 Å². The number of ether oxygens (including phenoxy) is 1. The standard InChI is InChI=1S/C20H24O5/c1-19(2,3)12-8-11-9-13(15(21)18(23)24-7)17(22)25-16(11)14(10-12)20(4,5)6/h8-10H,1-7H3. The number of hydrogen-bond donors (Lipinski definition) is 0. The van der Waals surface area contributed by atoms with Gasteiger partial charge in [0.15, 0.2) is 0 Å². The third-order valence-corrected chi connectivity index (χ3v) is 4.12. The summed E-state index contributed by atoms with van der Waals surface area (Å²) in [6.07, 6.45) is 0. The van der Waals surface area contributed by atoms with Crippen molar-refractivity contribution in [1.82, 2.24) is 0 Å². The van der Waals surface area contributed by atoms with Gasteiger partial charge in [-0.05, 0) is 28.5 Å². The Bertz CT molecular complexity index is 905. The summed E-state index contributed by atoms with van der Waals surface area (Å²) in [5.41, 5.74) is 0.827. The Balaban J connectivity index is 2.87. The summed E-state index contributed by atoms with van der Waals surface area (Å²) < 4.78 is 9.87. The van der Waals surface area contributed by atoms with Crippen LogP contribution in [0.5, 0.6) is 0 Å². The SMILES string of the molecule is COC(=O)C(=O)c1cc2cc(C(C)(C)C)cc(C(C)(C)C)c2oc1=O. The molecule has 0 bridgehead atoms. The van der Waals surface area contributed by atoms with E-state index < -0.39 is 17.4 Å². The van der Waals surface area contributed by atoms with Gasteiger partial charge in [0, 0.05) is 10.9 Å². The smallest absolute Gasteiger partial charge is 0.379 e. The summed E-state index contributed by atoms with van der Waals surface area (Å²) in [5.74, 6) is -2.09. The number of hydrogen-bond acceptors (Lipinski definition) is 5. The van der Waals surface area contributed by atoms with Gasteiger partial charge in [-0.3, -0.25) is 4.79 Å². The van der Waals surface area contributed by atoms with E-state index in [1.807, 2.05) is 32.9 Å². The van der Waals surface area contributed by atoms with E-state index in [1.165, 1.54) is 6.07 Å². The molecule has 5 heteroatoms. The summed E-state index contributed by atoms with van der Waals surface area (Å²) in [6.45, 7) is 12.3. The Labute approximate surface area is 147 Å². The van der Waals surface area contributed by atoms with E-state index in [-0.39, 0.29) is 16.4 Å². The van der Waals surface area contributed by atoms with E-state index in [4.69, 9.17) is 4.42 Å². The topological polar surface area (TPSA) is 73.6 Å². The van der Waals surface area contributed by atoms with Crippen LogP contribution in [0.4, 0.5) is 0 Å². The Hall–Kier alpha value is -2.43. The predicted molar refractivity (Wildman–Crippen MR) is 96.2 cm³/mol. The van der Waals surface area contributed by atoms with Gasteiger partial charge in [0.05, 0.1) is 7.11 Å². The third kappa shape index (κ3) is 3.65. The molecule has 2 rings (SSSR count). The zero-order valence-electron chi connectivity index (χ0n) is 15.8. The molecule has 1 heterocycles. The zero-order valence-corrected chi connectivity index (χ0v) is 15.8. The van der Waals surface area contributed by atoms with Crippen LogP contribution in [0.1, 0.15) is 63.0 Å². The number of carbonyl (C=O) groups excluding carboxylic acids is 2. The van der Waals surface area contributed by atoms with Crippen molar-refractivity contribution < 1.29 is 18.7 Å². The number of esters is 1. The van der Waals surface area contributed by atoms with Crippen molar-refractivity contribution in [3.8, 4) is 0 Å². The molecule has 0 aliphatic carbocycles. The molecule has 0 atom stereocenters. The minimum Gasteiger partial charge on any atom is -0.463 e. The zero-order chi connectivity index (χ0) is 19.2. The lowest BCUT2D eigenvalue weighted by molar-refractivity contribution is -0.135. The van der Waals surface area contributed by atoms with E-state index in [0.29, 0.717) is 11.0 Å². The highest BCUT2D eigenvalue weighted by atomic mass is 16.5. The molecule has 0 aliphatic rings. The molecule has 0 spiro atoms.